The summed E-state index contributed by atoms with van der Waals surface area (Å²) in [6.45, 7) is 3.25. The van der Waals surface area contributed by atoms with E-state index in [0.29, 0.717) is 19.6 Å². The number of carboxylic acids is 1. The van der Waals surface area contributed by atoms with E-state index >= 15 is 0 Å². The molecule has 0 aliphatic carbocycles. The molecular formula is C14H18O4. The Balaban J connectivity index is 2.06. The molecule has 2 unspecified atom stereocenters. The first kappa shape index (κ1) is 12.9. The van der Waals surface area contributed by atoms with Crippen molar-refractivity contribution in [3.63, 3.8) is 0 Å². The Morgan fingerprint density at radius 1 is 1.44 bits per heavy atom. The van der Waals surface area contributed by atoms with Gasteiger partial charge in [0.15, 0.2) is 0 Å². The number of hydrogen-bond acceptors (Lipinski definition) is 3. The molecule has 0 radical (unpaired) electrons. The normalized spacial score (nSPS) is 22.9. The maximum atomic E-state index is 11.1. The summed E-state index contributed by atoms with van der Waals surface area (Å²) >= 11 is 0. The summed E-state index contributed by atoms with van der Waals surface area (Å²) in [6, 6.07) is 7.50. The SMILES string of the molecule is CCCOc1ccc(C2OCCC2C(=O)O)cc1. The molecule has 0 saturated carbocycles. The largest absolute Gasteiger partial charge is 0.494 e. The maximum Gasteiger partial charge on any atom is 0.309 e. The van der Waals surface area contributed by atoms with Crippen molar-refractivity contribution in [3.05, 3.63) is 29.8 Å². The molecule has 4 nitrogen and oxygen atoms in total. The Bertz CT molecular complexity index is 399. The van der Waals surface area contributed by atoms with E-state index in [1.807, 2.05) is 24.3 Å². The van der Waals surface area contributed by atoms with E-state index < -0.39 is 11.9 Å². The van der Waals surface area contributed by atoms with E-state index in [4.69, 9.17) is 14.6 Å². The molecule has 98 valence electrons. The molecule has 18 heavy (non-hydrogen) atoms. The molecular weight excluding hydrogens is 232 g/mol. The van der Waals surface area contributed by atoms with Crippen molar-refractivity contribution in [3.8, 4) is 5.75 Å². The van der Waals surface area contributed by atoms with E-state index in [1.165, 1.54) is 0 Å². The van der Waals surface area contributed by atoms with E-state index in [2.05, 4.69) is 6.92 Å². The zero-order valence-corrected chi connectivity index (χ0v) is 10.5. The number of carboxylic acid groups (broad SMARTS) is 1. The molecule has 1 fully saturated rings. The van der Waals surface area contributed by atoms with Gasteiger partial charge in [0.25, 0.3) is 0 Å². The molecule has 0 aromatic heterocycles. The standard InChI is InChI=1S/C14H18O4/c1-2-8-17-11-5-3-10(4-6-11)13-12(14(15)16)7-9-18-13/h3-6,12-13H,2,7-9H2,1H3,(H,15,16). The van der Waals surface area contributed by atoms with Crippen LogP contribution >= 0.6 is 0 Å². The number of benzene rings is 1. The topological polar surface area (TPSA) is 55.8 Å². The molecule has 1 aromatic rings. The number of ether oxygens (including phenoxy) is 2. The third kappa shape index (κ3) is 2.82. The van der Waals surface area contributed by atoms with Crippen LogP contribution in [0.2, 0.25) is 0 Å². The van der Waals surface area contributed by atoms with Gasteiger partial charge in [0.05, 0.1) is 18.6 Å². The van der Waals surface area contributed by atoms with E-state index in [-0.39, 0.29) is 6.10 Å². The van der Waals surface area contributed by atoms with Crippen molar-refractivity contribution in [2.75, 3.05) is 13.2 Å². The quantitative estimate of drug-likeness (QED) is 0.872. The lowest BCUT2D eigenvalue weighted by Gasteiger charge is -2.15. The Labute approximate surface area is 107 Å². The lowest BCUT2D eigenvalue weighted by atomic mass is 9.95. The molecule has 0 bridgehead atoms. The van der Waals surface area contributed by atoms with Gasteiger partial charge in [-0.15, -0.1) is 0 Å². The highest BCUT2D eigenvalue weighted by Gasteiger charge is 2.34. The molecule has 1 saturated heterocycles. The number of aliphatic carboxylic acids is 1. The van der Waals surface area contributed by atoms with Crippen molar-refractivity contribution >= 4 is 5.97 Å². The van der Waals surface area contributed by atoms with Crippen LogP contribution < -0.4 is 4.74 Å². The maximum absolute atomic E-state index is 11.1. The Hall–Kier alpha value is -1.55. The molecule has 1 aliphatic rings. The van der Waals surface area contributed by atoms with Crippen LogP contribution in [0.25, 0.3) is 0 Å². The molecule has 0 amide bonds. The van der Waals surface area contributed by atoms with Gasteiger partial charge >= 0.3 is 5.97 Å². The molecule has 2 rings (SSSR count). The zero-order chi connectivity index (χ0) is 13.0. The second-order valence-electron chi connectivity index (χ2n) is 4.44. The number of hydrogen-bond donors (Lipinski definition) is 1. The van der Waals surface area contributed by atoms with Crippen LogP contribution in [0.4, 0.5) is 0 Å². The summed E-state index contributed by atoms with van der Waals surface area (Å²) in [6.07, 6.45) is 1.21. The fourth-order valence-electron chi connectivity index (χ4n) is 2.14. The van der Waals surface area contributed by atoms with Crippen LogP contribution in [-0.2, 0) is 9.53 Å². The van der Waals surface area contributed by atoms with Crippen molar-refractivity contribution < 1.29 is 19.4 Å². The first-order valence-electron chi connectivity index (χ1n) is 6.29. The van der Waals surface area contributed by atoms with Gasteiger partial charge in [-0.1, -0.05) is 19.1 Å². The first-order valence-corrected chi connectivity index (χ1v) is 6.29. The third-order valence-corrected chi connectivity index (χ3v) is 3.09. The minimum atomic E-state index is -0.788. The van der Waals surface area contributed by atoms with Gasteiger partial charge in [-0.05, 0) is 30.5 Å². The molecule has 2 atom stereocenters. The summed E-state index contributed by atoms with van der Waals surface area (Å²) in [5.41, 5.74) is 0.906. The van der Waals surface area contributed by atoms with Crippen LogP contribution in [0.5, 0.6) is 5.75 Å². The highest BCUT2D eigenvalue weighted by Crippen LogP contribution is 2.35. The monoisotopic (exact) mass is 250 g/mol. The average Bonchev–Trinajstić information content (AvgIpc) is 2.86. The smallest absolute Gasteiger partial charge is 0.309 e. The summed E-state index contributed by atoms with van der Waals surface area (Å²) < 4.78 is 11.0. The van der Waals surface area contributed by atoms with Crippen molar-refractivity contribution in [1.82, 2.24) is 0 Å². The zero-order valence-electron chi connectivity index (χ0n) is 10.5. The summed E-state index contributed by atoms with van der Waals surface area (Å²) in [7, 11) is 0. The molecule has 1 aliphatic heterocycles. The molecule has 1 N–H and O–H groups in total. The Kier molecular flexibility index (Phi) is 4.20. The lowest BCUT2D eigenvalue weighted by molar-refractivity contribution is -0.143. The fraction of sp³-hybridized carbons (Fsp3) is 0.500. The number of carbonyl (C=O) groups is 1. The van der Waals surface area contributed by atoms with Crippen molar-refractivity contribution in [2.45, 2.75) is 25.9 Å². The predicted octanol–water partition coefficient (Wildman–Crippen LogP) is 2.64. The van der Waals surface area contributed by atoms with E-state index in [0.717, 1.165) is 17.7 Å². The van der Waals surface area contributed by atoms with Crippen LogP contribution in [0.3, 0.4) is 0 Å². The minimum absolute atomic E-state index is 0.331. The summed E-state index contributed by atoms with van der Waals surface area (Å²) in [5.74, 6) is -0.415. The number of rotatable bonds is 5. The van der Waals surface area contributed by atoms with Crippen LogP contribution in [0.1, 0.15) is 31.4 Å². The highest BCUT2D eigenvalue weighted by molar-refractivity contribution is 5.71. The lowest BCUT2D eigenvalue weighted by Crippen LogP contribution is -2.17. The van der Waals surface area contributed by atoms with Gasteiger partial charge in [0.2, 0.25) is 0 Å². The first-order chi connectivity index (χ1) is 8.72. The van der Waals surface area contributed by atoms with Gasteiger partial charge in [0.1, 0.15) is 5.75 Å². The highest BCUT2D eigenvalue weighted by atomic mass is 16.5. The van der Waals surface area contributed by atoms with Gasteiger partial charge in [-0.3, -0.25) is 4.79 Å². The molecule has 1 heterocycles. The summed E-state index contributed by atoms with van der Waals surface area (Å²) in [4.78, 5) is 11.1. The molecule has 4 heteroatoms. The van der Waals surface area contributed by atoms with Gasteiger partial charge in [-0.2, -0.15) is 0 Å². The second-order valence-corrected chi connectivity index (χ2v) is 4.44. The molecule has 0 spiro atoms. The van der Waals surface area contributed by atoms with Crippen LogP contribution in [-0.4, -0.2) is 24.3 Å². The summed E-state index contributed by atoms with van der Waals surface area (Å²) in [5, 5.41) is 9.11. The average molecular weight is 250 g/mol. The predicted molar refractivity (Wildman–Crippen MR) is 66.7 cm³/mol. The second kappa shape index (κ2) is 5.87. The van der Waals surface area contributed by atoms with Gasteiger partial charge in [-0.25, -0.2) is 0 Å². The van der Waals surface area contributed by atoms with Gasteiger partial charge < -0.3 is 14.6 Å². The molecule has 1 aromatic carbocycles. The van der Waals surface area contributed by atoms with Crippen LogP contribution in [0.15, 0.2) is 24.3 Å². The van der Waals surface area contributed by atoms with E-state index in [1.54, 1.807) is 0 Å². The van der Waals surface area contributed by atoms with Crippen LogP contribution in [0, 0.1) is 5.92 Å². The van der Waals surface area contributed by atoms with Gasteiger partial charge in [0, 0.05) is 6.61 Å². The third-order valence-electron chi connectivity index (χ3n) is 3.09. The Morgan fingerprint density at radius 2 is 2.17 bits per heavy atom. The fourth-order valence-corrected chi connectivity index (χ4v) is 2.14. The van der Waals surface area contributed by atoms with Crippen molar-refractivity contribution in [1.29, 1.82) is 0 Å². The van der Waals surface area contributed by atoms with Crippen molar-refractivity contribution in [2.24, 2.45) is 5.92 Å². The van der Waals surface area contributed by atoms with E-state index in [9.17, 15) is 4.79 Å². The minimum Gasteiger partial charge on any atom is -0.494 e. The Morgan fingerprint density at radius 3 is 2.78 bits per heavy atom.